The van der Waals surface area contributed by atoms with Gasteiger partial charge in [-0.2, -0.15) is 0 Å². The van der Waals surface area contributed by atoms with Crippen LogP contribution < -0.4 is 10.6 Å². The molecule has 0 radical (unpaired) electrons. The molecule has 3 rings (SSSR count). The lowest BCUT2D eigenvalue weighted by molar-refractivity contribution is -0.139. The fraction of sp³-hybridized carbons (Fsp3) is 0.364. The number of carbonyl (C=O) groups is 2. The molecule has 2 N–H and O–H groups in total. The Balaban J connectivity index is 1.95. The minimum atomic E-state index is -0.702. The highest BCUT2D eigenvalue weighted by atomic mass is 16.5. The minimum absolute atomic E-state index is 0.0863. The quantitative estimate of drug-likeness (QED) is 0.699. The molecule has 0 fully saturated rings. The molecule has 7 nitrogen and oxygen atoms in total. The van der Waals surface area contributed by atoms with E-state index in [1.807, 2.05) is 32.2 Å². The van der Waals surface area contributed by atoms with Crippen molar-refractivity contribution in [2.75, 3.05) is 20.2 Å². The second-order valence-electron chi connectivity index (χ2n) is 7.09. The van der Waals surface area contributed by atoms with Gasteiger partial charge in [0.1, 0.15) is 17.6 Å². The van der Waals surface area contributed by atoms with Gasteiger partial charge in [-0.15, -0.1) is 0 Å². The molecule has 1 aromatic heterocycles. The summed E-state index contributed by atoms with van der Waals surface area (Å²) in [7, 11) is 1.95. The Morgan fingerprint density at radius 2 is 1.97 bits per heavy atom. The summed E-state index contributed by atoms with van der Waals surface area (Å²) >= 11 is 0. The molecule has 1 aliphatic heterocycles. The molecule has 154 valence electrons. The number of carbonyl (C=O) groups excluding carboxylic acids is 2. The van der Waals surface area contributed by atoms with E-state index < -0.39 is 12.0 Å². The normalized spacial score (nSPS) is 17.7. The molecule has 2 amide bonds. The summed E-state index contributed by atoms with van der Waals surface area (Å²) in [6.45, 7) is 6.26. The van der Waals surface area contributed by atoms with Gasteiger partial charge in [0.25, 0.3) is 0 Å². The molecule has 2 atom stereocenters. The Bertz CT molecular complexity index is 904. The monoisotopic (exact) mass is 397 g/mol. The third kappa shape index (κ3) is 4.68. The van der Waals surface area contributed by atoms with E-state index in [-0.39, 0.29) is 18.7 Å². The number of likely N-dealkylation sites (N-methyl/N-ethyl adjacent to an activating group) is 1. The fourth-order valence-corrected chi connectivity index (χ4v) is 3.39. The number of nitrogens with zero attached hydrogens (tertiary/aromatic N) is 1. The van der Waals surface area contributed by atoms with E-state index in [0.717, 1.165) is 5.56 Å². The van der Waals surface area contributed by atoms with Crippen molar-refractivity contribution in [2.24, 2.45) is 0 Å². The molecule has 0 saturated heterocycles. The van der Waals surface area contributed by atoms with Crippen molar-refractivity contribution in [1.82, 2.24) is 15.5 Å². The van der Waals surface area contributed by atoms with Crippen molar-refractivity contribution >= 4 is 12.0 Å². The number of aryl methyl sites for hydroxylation is 1. The Morgan fingerprint density at radius 3 is 2.59 bits per heavy atom. The van der Waals surface area contributed by atoms with Crippen LogP contribution in [0.5, 0.6) is 0 Å². The molecule has 0 saturated carbocycles. The lowest BCUT2D eigenvalue weighted by Crippen LogP contribution is -2.48. The molecule has 2 heterocycles. The van der Waals surface area contributed by atoms with Crippen LogP contribution in [0, 0.1) is 6.92 Å². The van der Waals surface area contributed by atoms with Crippen LogP contribution >= 0.6 is 0 Å². The van der Waals surface area contributed by atoms with E-state index in [0.29, 0.717) is 29.3 Å². The summed E-state index contributed by atoms with van der Waals surface area (Å²) in [6, 6.07) is 12.6. The van der Waals surface area contributed by atoms with Crippen LogP contribution in [0.2, 0.25) is 0 Å². The van der Waals surface area contributed by atoms with Crippen LogP contribution in [0.3, 0.4) is 0 Å². The number of hydrogen-bond acceptors (Lipinski definition) is 5. The Hall–Kier alpha value is -3.06. The van der Waals surface area contributed by atoms with Crippen LogP contribution in [0.15, 0.2) is 58.2 Å². The number of furan rings is 1. The van der Waals surface area contributed by atoms with E-state index in [9.17, 15) is 9.59 Å². The number of benzene rings is 1. The standard InChI is InChI=1S/C22H27N3O4/c1-5-28-21(26)19-17(13-25(4)15(3)16-9-7-6-8-10-16)23-22(27)24-20(19)18-12-11-14(2)29-18/h6-12,15,20H,5,13H2,1-4H3,(H2,23,24,27). The predicted molar refractivity (Wildman–Crippen MR) is 109 cm³/mol. The Kier molecular flexibility index (Phi) is 6.39. The SMILES string of the molecule is CCOC(=O)C1=C(CN(C)C(C)c2ccccc2)NC(=O)NC1c1ccc(C)o1. The Morgan fingerprint density at radius 1 is 1.24 bits per heavy atom. The highest BCUT2D eigenvalue weighted by molar-refractivity contribution is 5.95. The van der Waals surface area contributed by atoms with Gasteiger partial charge in [0, 0.05) is 18.3 Å². The van der Waals surface area contributed by atoms with Crippen LogP contribution in [-0.4, -0.2) is 37.1 Å². The largest absolute Gasteiger partial charge is 0.464 e. The maximum absolute atomic E-state index is 12.8. The second-order valence-corrected chi connectivity index (χ2v) is 7.09. The molecular weight excluding hydrogens is 370 g/mol. The summed E-state index contributed by atoms with van der Waals surface area (Å²) in [5.74, 6) is 0.721. The molecule has 29 heavy (non-hydrogen) atoms. The molecule has 2 aromatic rings. The molecule has 7 heteroatoms. The number of rotatable bonds is 7. The van der Waals surface area contributed by atoms with E-state index in [2.05, 4.69) is 34.6 Å². The minimum Gasteiger partial charge on any atom is -0.464 e. The average molecular weight is 397 g/mol. The summed E-state index contributed by atoms with van der Waals surface area (Å²) in [6.07, 6.45) is 0. The highest BCUT2D eigenvalue weighted by Crippen LogP contribution is 2.30. The van der Waals surface area contributed by atoms with Gasteiger partial charge in [-0.1, -0.05) is 30.3 Å². The van der Waals surface area contributed by atoms with Crippen molar-refractivity contribution in [3.05, 3.63) is 70.8 Å². The summed E-state index contributed by atoms with van der Waals surface area (Å²) in [4.78, 5) is 27.2. The van der Waals surface area contributed by atoms with Crippen LogP contribution in [-0.2, 0) is 9.53 Å². The first-order valence-corrected chi connectivity index (χ1v) is 9.70. The maximum atomic E-state index is 12.8. The number of ether oxygens (including phenoxy) is 1. The first-order chi connectivity index (χ1) is 13.9. The van der Waals surface area contributed by atoms with E-state index >= 15 is 0 Å². The van der Waals surface area contributed by atoms with Gasteiger partial charge in [0.2, 0.25) is 0 Å². The van der Waals surface area contributed by atoms with Crippen LogP contribution in [0.25, 0.3) is 0 Å². The number of hydrogen-bond donors (Lipinski definition) is 2. The molecule has 2 unspecified atom stereocenters. The predicted octanol–water partition coefficient (Wildman–Crippen LogP) is 3.45. The lowest BCUT2D eigenvalue weighted by Gasteiger charge is -2.32. The third-order valence-corrected chi connectivity index (χ3v) is 5.05. The van der Waals surface area contributed by atoms with Crippen LogP contribution in [0.4, 0.5) is 4.79 Å². The van der Waals surface area contributed by atoms with Crippen molar-refractivity contribution < 1.29 is 18.7 Å². The van der Waals surface area contributed by atoms with Gasteiger partial charge in [0.05, 0.1) is 12.2 Å². The number of nitrogens with one attached hydrogen (secondary N) is 2. The second kappa shape index (κ2) is 8.96. The fourth-order valence-electron chi connectivity index (χ4n) is 3.39. The van der Waals surface area contributed by atoms with Gasteiger partial charge < -0.3 is 19.8 Å². The number of amides is 2. The van der Waals surface area contributed by atoms with Gasteiger partial charge in [-0.25, -0.2) is 9.59 Å². The van der Waals surface area contributed by atoms with E-state index in [1.54, 1.807) is 19.1 Å². The van der Waals surface area contributed by atoms with Crippen molar-refractivity contribution in [3.63, 3.8) is 0 Å². The van der Waals surface area contributed by atoms with Crippen molar-refractivity contribution in [1.29, 1.82) is 0 Å². The zero-order valence-corrected chi connectivity index (χ0v) is 17.2. The summed E-state index contributed by atoms with van der Waals surface area (Å²) in [5, 5.41) is 5.57. The molecule has 0 aliphatic carbocycles. The topological polar surface area (TPSA) is 83.8 Å². The Labute approximate surface area is 170 Å². The number of urea groups is 1. The third-order valence-electron chi connectivity index (χ3n) is 5.05. The van der Waals surface area contributed by atoms with E-state index in [1.165, 1.54) is 0 Å². The zero-order chi connectivity index (χ0) is 21.0. The van der Waals surface area contributed by atoms with Gasteiger partial charge in [0.15, 0.2) is 0 Å². The zero-order valence-electron chi connectivity index (χ0n) is 17.2. The smallest absolute Gasteiger partial charge is 0.338 e. The highest BCUT2D eigenvalue weighted by Gasteiger charge is 2.36. The first kappa shape index (κ1) is 20.7. The van der Waals surface area contributed by atoms with Gasteiger partial charge in [-0.05, 0) is 45.5 Å². The van der Waals surface area contributed by atoms with Crippen molar-refractivity contribution in [3.8, 4) is 0 Å². The van der Waals surface area contributed by atoms with Crippen LogP contribution in [0.1, 0.15) is 43.0 Å². The molecule has 0 bridgehead atoms. The first-order valence-electron chi connectivity index (χ1n) is 9.70. The number of esters is 1. The molecular formula is C22H27N3O4. The van der Waals surface area contributed by atoms with Crippen molar-refractivity contribution in [2.45, 2.75) is 32.9 Å². The summed E-state index contributed by atoms with van der Waals surface area (Å²) < 4.78 is 11.0. The van der Waals surface area contributed by atoms with Gasteiger partial charge in [-0.3, -0.25) is 4.90 Å². The average Bonchev–Trinajstić information content (AvgIpc) is 3.14. The molecule has 1 aromatic carbocycles. The summed E-state index contributed by atoms with van der Waals surface area (Å²) in [5.41, 5.74) is 2.01. The maximum Gasteiger partial charge on any atom is 0.338 e. The molecule has 0 spiro atoms. The van der Waals surface area contributed by atoms with E-state index in [4.69, 9.17) is 9.15 Å². The lowest BCUT2D eigenvalue weighted by atomic mass is 9.99. The van der Waals surface area contributed by atoms with Gasteiger partial charge >= 0.3 is 12.0 Å². The molecule has 1 aliphatic rings.